The molecule has 4 rings (SSSR count). The lowest BCUT2D eigenvalue weighted by atomic mass is 9.98. The molecule has 1 aromatic heterocycles. The number of aromatic nitrogens is 2. The molecular formula is C24H19F3N2O3S. The van der Waals surface area contributed by atoms with Gasteiger partial charge in [-0.15, -0.1) is 0 Å². The predicted octanol–water partition coefficient (Wildman–Crippen LogP) is 5.64. The number of sulfone groups is 1. The molecule has 0 N–H and O–H groups in total. The molecule has 0 aliphatic carbocycles. The lowest BCUT2D eigenvalue weighted by Crippen LogP contribution is -2.08. The summed E-state index contributed by atoms with van der Waals surface area (Å²) >= 11 is 0. The molecule has 0 spiro atoms. The summed E-state index contributed by atoms with van der Waals surface area (Å²) in [5, 5.41) is 3.96. The first-order valence-electron chi connectivity index (χ1n) is 9.80. The van der Waals surface area contributed by atoms with Gasteiger partial charge in [-0.3, -0.25) is 0 Å². The average molecular weight is 472 g/mol. The molecule has 0 atom stereocenters. The van der Waals surface area contributed by atoms with Crippen LogP contribution in [0.5, 0.6) is 5.75 Å². The van der Waals surface area contributed by atoms with Crippen molar-refractivity contribution in [1.82, 2.24) is 9.78 Å². The van der Waals surface area contributed by atoms with Crippen LogP contribution in [0.25, 0.3) is 28.1 Å². The summed E-state index contributed by atoms with van der Waals surface area (Å²) in [4.78, 5) is 0.0686. The van der Waals surface area contributed by atoms with E-state index in [2.05, 4.69) is 5.10 Å². The molecule has 4 aromatic rings. The van der Waals surface area contributed by atoms with Gasteiger partial charge in [-0.05, 0) is 42.0 Å². The molecule has 0 amide bonds. The lowest BCUT2D eigenvalue weighted by molar-refractivity contribution is -0.140. The number of alkyl halides is 3. The van der Waals surface area contributed by atoms with E-state index in [-0.39, 0.29) is 16.2 Å². The molecule has 170 valence electrons. The molecule has 3 aromatic carbocycles. The van der Waals surface area contributed by atoms with Crippen molar-refractivity contribution >= 4 is 9.84 Å². The van der Waals surface area contributed by atoms with Crippen LogP contribution in [0.15, 0.2) is 83.8 Å². The molecule has 33 heavy (non-hydrogen) atoms. The van der Waals surface area contributed by atoms with Crippen LogP contribution in [0.3, 0.4) is 0 Å². The van der Waals surface area contributed by atoms with E-state index in [1.54, 1.807) is 54.6 Å². The van der Waals surface area contributed by atoms with Gasteiger partial charge in [0.2, 0.25) is 0 Å². The van der Waals surface area contributed by atoms with Crippen molar-refractivity contribution in [2.45, 2.75) is 11.1 Å². The van der Waals surface area contributed by atoms with Gasteiger partial charge in [0.1, 0.15) is 5.75 Å². The van der Waals surface area contributed by atoms with Crippen LogP contribution in [-0.4, -0.2) is 31.6 Å². The summed E-state index contributed by atoms with van der Waals surface area (Å²) in [7, 11) is -1.98. The van der Waals surface area contributed by atoms with E-state index in [4.69, 9.17) is 4.74 Å². The molecule has 0 aliphatic heterocycles. The quantitative estimate of drug-likeness (QED) is 0.377. The van der Waals surface area contributed by atoms with E-state index in [0.717, 1.165) is 6.26 Å². The first-order chi connectivity index (χ1) is 15.6. The zero-order valence-corrected chi connectivity index (χ0v) is 18.5. The van der Waals surface area contributed by atoms with Crippen molar-refractivity contribution in [3.05, 3.63) is 84.6 Å². The first-order valence-corrected chi connectivity index (χ1v) is 11.7. The number of methoxy groups -OCH3 is 1. The van der Waals surface area contributed by atoms with E-state index >= 15 is 0 Å². The lowest BCUT2D eigenvalue weighted by Gasteiger charge is -2.12. The van der Waals surface area contributed by atoms with Crippen LogP contribution in [0.4, 0.5) is 13.2 Å². The van der Waals surface area contributed by atoms with E-state index in [9.17, 15) is 21.6 Å². The number of hydrogen-bond acceptors (Lipinski definition) is 4. The Morgan fingerprint density at radius 1 is 0.848 bits per heavy atom. The van der Waals surface area contributed by atoms with E-state index in [0.29, 0.717) is 22.6 Å². The third kappa shape index (κ3) is 4.49. The molecule has 0 unspecified atom stereocenters. The number of nitrogens with zero attached hydrogens (tertiary/aromatic N) is 2. The van der Waals surface area contributed by atoms with Crippen molar-refractivity contribution in [2.24, 2.45) is 0 Å². The maximum atomic E-state index is 14.1. The van der Waals surface area contributed by atoms with Gasteiger partial charge in [0.25, 0.3) is 0 Å². The Hall–Kier alpha value is -3.59. The Balaban J connectivity index is 2.05. The van der Waals surface area contributed by atoms with E-state index in [1.165, 1.54) is 36.1 Å². The third-order valence-corrected chi connectivity index (χ3v) is 6.22. The van der Waals surface area contributed by atoms with Gasteiger partial charge in [0.15, 0.2) is 15.5 Å². The normalized spacial score (nSPS) is 12.0. The van der Waals surface area contributed by atoms with Crippen LogP contribution in [0.2, 0.25) is 0 Å². The van der Waals surface area contributed by atoms with Crippen LogP contribution >= 0.6 is 0 Å². The topological polar surface area (TPSA) is 61.2 Å². The van der Waals surface area contributed by atoms with Crippen molar-refractivity contribution in [3.8, 4) is 33.8 Å². The van der Waals surface area contributed by atoms with Crippen LogP contribution in [0, 0.1) is 0 Å². The zero-order valence-electron chi connectivity index (χ0n) is 17.7. The van der Waals surface area contributed by atoms with Gasteiger partial charge in [0, 0.05) is 17.4 Å². The van der Waals surface area contributed by atoms with Crippen molar-refractivity contribution < 1.29 is 26.3 Å². The monoisotopic (exact) mass is 472 g/mol. The molecule has 0 bridgehead atoms. The van der Waals surface area contributed by atoms with Crippen molar-refractivity contribution in [3.63, 3.8) is 0 Å². The minimum absolute atomic E-state index is 0.0686. The Bertz CT molecular complexity index is 1380. The fourth-order valence-electron chi connectivity index (χ4n) is 3.53. The van der Waals surface area contributed by atoms with Crippen LogP contribution < -0.4 is 4.74 Å². The Labute approximate surface area is 189 Å². The standard InChI is InChI=1S/C24H19F3N2O3S/c1-32-19-12-10-18(11-13-19)29-22(17-8-14-20(15-9-17)33(2,30)31)21(16-6-4-3-5-7-16)23(28-29)24(25,26)27/h3-15H,1-2H3. The average Bonchev–Trinajstić information content (AvgIpc) is 3.20. The van der Waals surface area contributed by atoms with Crippen LogP contribution in [-0.2, 0) is 16.0 Å². The largest absolute Gasteiger partial charge is 0.497 e. The molecule has 9 heteroatoms. The third-order valence-electron chi connectivity index (χ3n) is 5.09. The van der Waals surface area contributed by atoms with Crippen molar-refractivity contribution in [1.29, 1.82) is 0 Å². The SMILES string of the molecule is COc1ccc(-n2nc(C(F)(F)F)c(-c3ccccc3)c2-c2ccc(S(C)(=O)=O)cc2)cc1. The molecular weight excluding hydrogens is 453 g/mol. The highest BCUT2D eigenvalue weighted by Crippen LogP contribution is 2.43. The Kier molecular flexibility index (Phi) is 5.75. The first kappa shape index (κ1) is 22.6. The maximum Gasteiger partial charge on any atom is 0.435 e. The van der Waals surface area contributed by atoms with Gasteiger partial charge in [-0.2, -0.15) is 18.3 Å². The summed E-state index contributed by atoms with van der Waals surface area (Å²) < 4.78 is 72.5. The zero-order chi connectivity index (χ0) is 23.8. The van der Waals surface area contributed by atoms with Gasteiger partial charge in [-0.25, -0.2) is 13.1 Å². The fourth-order valence-corrected chi connectivity index (χ4v) is 4.16. The van der Waals surface area contributed by atoms with Gasteiger partial charge >= 0.3 is 6.18 Å². The highest BCUT2D eigenvalue weighted by Gasteiger charge is 2.40. The van der Waals surface area contributed by atoms with Crippen LogP contribution in [0.1, 0.15) is 5.69 Å². The molecule has 0 fully saturated rings. The minimum atomic E-state index is -4.72. The summed E-state index contributed by atoms with van der Waals surface area (Å²) in [6.07, 6.45) is -3.65. The predicted molar refractivity (Wildman–Crippen MR) is 119 cm³/mol. The van der Waals surface area contributed by atoms with Gasteiger partial charge < -0.3 is 4.74 Å². The fraction of sp³-hybridized carbons (Fsp3) is 0.125. The number of hydrogen-bond donors (Lipinski definition) is 0. The molecule has 0 saturated carbocycles. The highest BCUT2D eigenvalue weighted by atomic mass is 32.2. The molecule has 0 saturated heterocycles. The molecule has 0 radical (unpaired) electrons. The Morgan fingerprint density at radius 2 is 1.45 bits per heavy atom. The number of benzene rings is 3. The molecule has 1 heterocycles. The maximum absolute atomic E-state index is 14.1. The second-order valence-electron chi connectivity index (χ2n) is 7.34. The number of rotatable bonds is 5. The van der Waals surface area contributed by atoms with Crippen molar-refractivity contribution in [2.75, 3.05) is 13.4 Å². The summed E-state index contributed by atoms with van der Waals surface area (Å²) in [6, 6.07) is 20.4. The highest BCUT2D eigenvalue weighted by molar-refractivity contribution is 7.90. The van der Waals surface area contributed by atoms with Gasteiger partial charge in [-0.1, -0.05) is 42.5 Å². The Morgan fingerprint density at radius 3 is 1.97 bits per heavy atom. The van der Waals surface area contributed by atoms with E-state index in [1.807, 2.05) is 0 Å². The molecule has 0 aliphatic rings. The summed E-state index contributed by atoms with van der Waals surface area (Å²) in [6.45, 7) is 0. The smallest absolute Gasteiger partial charge is 0.435 e. The van der Waals surface area contributed by atoms with Gasteiger partial charge in [0.05, 0.1) is 23.4 Å². The summed E-state index contributed by atoms with van der Waals surface area (Å²) in [5.74, 6) is 0.546. The molecule has 5 nitrogen and oxygen atoms in total. The number of halogens is 3. The second kappa shape index (κ2) is 8.40. The number of ether oxygens (including phenoxy) is 1. The second-order valence-corrected chi connectivity index (χ2v) is 9.36. The summed E-state index contributed by atoms with van der Waals surface area (Å²) in [5.41, 5.74) is 0.189. The van der Waals surface area contributed by atoms with E-state index < -0.39 is 21.7 Å². The minimum Gasteiger partial charge on any atom is -0.497 e.